The zero-order chi connectivity index (χ0) is 12.0. The van der Waals surface area contributed by atoms with Gasteiger partial charge in [-0.15, -0.1) is 0 Å². The molecule has 4 nitrogen and oxygen atoms in total. The molecule has 2 N–H and O–H groups in total. The van der Waals surface area contributed by atoms with Crippen LogP contribution in [0.4, 0.5) is 5.69 Å². The van der Waals surface area contributed by atoms with Gasteiger partial charge in [-0.25, -0.2) is 4.99 Å². The van der Waals surface area contributed by atoms with Gasteiger partial charge in [0.15, 0.2) is 0 Å². The number of hydrogen-bond acceptors (Lipinski definition) is 3. The van der Waals surface area contributed by atoms with E-state index in [1.54, 1.807) is 6.92 Å². The normalized spacial score (nSPS) is 11.2. The van der Waals surface area contributed by atoms with Gasteiger partial charge in [0.1, 0.15) is 12.3 Å². The number of nitrogens with zero attached hydrogens (tertiary/aromatic N) is 1. The number of rotatable bonds is 4. The molecule has 1 aromatic rings. The first-order valence-corrected chi connectivity index (χ1v) is 5.17. The number of amidine groups is 1. The molecule has 0 radical (unpaired) electrons. The second-order valence-corrected chi connectivity index (χ2v) is 3.42. The maximum absolute atomic E-state index is 11.1. The van der Waals surface area contributed by atoms with Gasteiger partial charge < -0.3 is 10.5 Å². The lowest BCUT2D eigenvalue weighted by Gasteiger charge is -2.01. The highest BCUT2D eigenvalue weighted by Gasteiger charge is 2.04. The highest BCUT2D eigenvalue weighted by atomic mass is 16.5. The third-order valence-electron chi connectivity index (χ3n) is 1.94. The number of esters is 1. The zero-order valence-corrected chi connectivity index (χ0v) is 9.56. The first-order chi connectivity index (χ1) is 7.61. The molecule has 0 amide bonds. The lowest BCUT2D eigenvalue weighted by atomic mass is 10.2. The minimum absolute atomic E-state index is 0.0295. The smallest absolute Gasteiger partial charge is 0.313 e. The molecule has 0 unspecified atom stereocenters. The average Bonchev–Trinajstić information content (AvgIpc) is 2.21. The Labute approximate surface area is 95.1 Å². The van der Waals surface area contributed by atoms with Crippen LogP contribution in [0.15, 0.2) is 29.3 Å². The van der Waals surface area contributed by atoms with Crippen molar-refractivity contribution in [2.45, 2.75) is 20.3 Å². The van der Waals surface area contributed by atoms with E-state index >= 15 is 0 Å². The Morgan fingerprint density at radius 3 is 2.56 bits per heavy atom. The van der Waals surface area contributed by atoms with Gasteiger partial charge in [0.2, 0.25) is 0 Å². The van der Waals surface area contributed by atoms with Crippen molar-refractivity contribution >= 4 is 17.5 Å². The van der Waals surface area contributed by atoms with Crippen molar-refractivity contribution in [2.24, 2.45) is 10.7 Å². The quantitative estimate of drug-likeness (QED) is 0.479. The Hall–Kier alpha value is -1.84. The first-order valence-electron chi connectivity index (χ1n) is 5.17. The van der Waals surface area contributed by atoms with E-state index < -0.39 is 0 Å². The molecular weight excluding hydrogens is 204 g/mol. The maximum atomic E-state index is 11.1. The highest BCUT2D eigenvalue weighted by molar-refractivity contribution is 5.97. The monoisotopic (exact) mass is 220 g/mol. The molecule has 16 heavy (non-hydrogen) atoms. The Bertz CT molecular complexity index is 383. The lowest BCUT2D eigenvalue weighted by molar-refractivity contribution is -0.141. The van der Waals surface area contributed by atoms with Crippen LogP contribution < -0.4 is 5.73 Å². The topological polar surface area (TPSA) is 64.7 Å². The van der Waals surface area contributed by atoms with Crippen LogP contribution in [0.25, 0.3) is 0 Å². The van der Waals surface area contributed by atoms with E-state index in [0.717, 1.165) is 11.3 Å². The van der Waals surface area contributed by atoms with Gasteiger partial charge in [0.25, 0.3) is 0 Å². The summed E-state index contributed by atoms with van der Waals surface area (Å²) in [5, 5.41) is 0. The molecule has 0 fully saturated rings. The summed E-state index contributed by atoms with van der Waals surface area (Å²) in [5.74, 6) is -0.0850. The van der Waals surface area contributed by atoms with Crippen LogP contribution in [-0.2, 0) is 9.53 Å². The Kier molecular flexibility index (Phi) is 4.51. The fraction of sp³-hybridized carbons (Fsp3) is 0.333. The third-order valence-corrected chi connectivity index (χ3v) is 1.94. The van der Waals surface area contributed by atoms with Gasteiger partial charge in [-0.05, 0) is 26.0 Å². The molecule has 0 atom stereocenters. The number of hydrogen-bond donors (Lipinski definition) is 1. The van der Waals surface area contributed by atoms with Crippen molar-refractivity contribution in [3.8, 4) is 0 Å². The number of carbonyl (C=O) groups excluding carboxylic acids is 1. The Morgan fingerprint density at radius 1 is 1.38 bits per heavy atom. The minimum atomic E-state index is -0.351. The highest BCUT2D eigenvalue weighted by Crippen LogP contribution is 2.12. The van der Waals surface area contributed by atoms with Crippen molar-refractivity contribution in [3.05, 3.63) is 29.8 Å². The number of carbonyl (C=O) groups is 1. The summed E-state index contributed by atoms with van der Waals surface area (Å²) in [7, 11) is 0. The predicted octanol–water partition coefficient (Wildman–Crippen LogP) is 1.94. The number of nitrogens with two attached hydrogens (primary N) is 1. The molecule has 0 heterocycles. The van der Waals surface area contributed by atoms with Gasteiger partial charge in [-0.1, -0.05) is 17.7 Å². The van der Waals surface area contributed by atoms with Gasteiger partial charge in [0, 0.05) is 0 Å². The van der Waals surface area contributed by atoms with E-state index in [1.807, 2.05) is 31.2 Å². The maximum Gasteiger partial charge on any atom is 0.313 e. The second-order valence-electron chi connectivity index (χ2n) is 3.42. The number of aryl methyl sites for hydroxylation is 1. The lowest BCUT2D eigenvalue weighted by Crippen LogP contribution is -2.18. The summed E-state index contributed by atoms with van der Waals surface area (Å²) in [6.45, 7) is 4.11. The molecule has 86 valence electrons. The fourth-order valence-corrected chi connectivity index (χ4v) is 1.18. The van der Waals surface area contributed by atoms with Gasteiger partial charge in [-0.3, -0.25) is 4.79 Å². The molecule has 0 bridgehead atoms. The third kappa shape index (κ3) is 4.13. The standard InChI is InChI=1S/C12H16N2O2/c1-3-16-12(15)8-11(13)14-10-6-4-9(2)5-7-10/h4-7H,3,8H2,1-2H3,(H2,13,14). The Morgan fingerprint density at radius 2 is 2.00 bits per heavy atom. The molecule has 0 aliphatic carbocycles. The molecule has 0 spiro atoms. The molecule has 1 aromatic carbocycles. The van der Waals surface area contributed by atoms with Crippen molar-refractivity contribution in [3.63, 3.8) is 0 Å². The molecule has 0 saturated carbocycles. The molecule has 0 saturated heterocycles. The summed E-state index contributed by atoms with van der Waals surface area (Å²) in [6, 6.07) is 7.59. The summed E-state index contributed by atoms with van der Waals surface area (Å²) >= 11 is 0. The van der Waals surface area contributed by atoms with Gasteiger partial charge >= 0.3 is 5.97 Å². The van der Waals surface area contributed by atoms with Crippen LogP contribution in [0.5, 0.6) is 0 Å². The number of aliphatic imine (C=N–C) groups is 1. The summed E-state index contributed by atoms with van der Waals surface area (Å²) in [6.07, 6.45) is 0.0295. The largest absolute Gasteiger partial charge is 0.466 e. The van der Waals surface area contributed by atoms with E-state index in [2.05, 4.69) is 4.99 Å². The summed E-state index contributed by atoms with van der Waals surface area (Å²) < 4.78 is 4.77. The van der Waals surface area contributed by atoms with E-state index in [0.29, 0.717) is 6.61 Å². The fourth-order valence-electron chi connectivity index (χ4n) is 1.18. The van der Waals surface area contributed by atoms with Crippen LogP contribution in [0.2, 0.25) is 0 Å². The first kappa shape index (κ1) is 12.2. The SMILES string of the molecule is CCOC(=O)CC(N)=Nc1ccc(C)cc1. The van der Waals surface area contributed by atoms with Crippen molar-refractivity contribution < 1.29 is 9.53 Å². The van der Waals surface area contributed by atoms with Crippen LogP contribution in [-0.4, -0.2) is 18.4 Å². The van der Waals surface area contributed by atoms with E-state index in [1.165, 1.54) is 0 Å². The number of ether oxygens (including phenoxy) is 1. The van der Waals surface area contributed by atoms with E-state index in [4.69, 9.17) is 10.5 Å². The zero-order valence-electron chi connectivity index (χ0n) is 9.56. The average molecular weight is 220 g/mol. The summed E-state index contributed by atoms with van der Waals surface area (Å²) in [4.78, 5) is 15.2. The minimum Gasteiger partial charge on any atom is -0.466 e. The molecular formula is C12H16N2O2. The van der Waals surface area contributed by atoms with Crippen LogP contribution >= 0.6 is 0 Å². The molecule has 0 aromatic heterocycles. The van der Waals surface area contributed by atoms with Crippen LogP contribution in [0, 0.1) is 6.92 Å². The van der Waals surface area contributed by atoms with Crippen molar-refractivity contribution in [1.82, 2.24) is 0 Å². The van der Waals surface area contributed by atoms with Gasteiger partial charge in [-0.2, -0.15) is 0 Å². The number of benzene rings is 1. The van der Waals surface area contributed by atoms with Crippen molar-refractivity contribution in [1.29, 1.82) is 0 Å². The second kappa shape index (κ2) is 5.90. The predicted molar refractivity (Wildman–Crippen MR) is 63.7 cm³/mol. The van der Waals surface area contributed by atoms with E-state index in [9.17, 15) is 4.79 Å². The van der Waals surface area contributed by atoms with Crippen molar-refractivity contribution in [2.75, 3.05) is 6.61 Å². The molecule has 1 rings (SSSR count). The molecule has 0 aliphatic heterocycles. The van der Waals surface area contributed by atoms with Crippen LogP contribution in [0.3, 0.4) is 0 Å². The van der Waals surface area contributed by atoms with Gasteiger partial charge in [0.05, 0.1) is 12.3 Å². The molecule has 0 aliphatic rings. The Balaban J connectivity index is 2.62. The van der Waals surface area contributed by atoms with Crippen LogP contribution in [0.1, 0.15) is 18.9 Å². The summed E-state index contributed by atoms with van der Waals surface area (Å²) in [5.41, 5.74) is 7.52. The van der Waals surface area contributed by atoms with E-state index in [-0.39, 0.29) is 18.2 Å². The molecule has 4 heteroatoms.